The quantitative estimate of drug-likeness (QED) is 0.604. The standard InChI is InChI=1S/C13H16N2O2S/c1-4-5-17-12(16)8-18-13-11(7-14)9(2)6-10(3)15-13/h6H,4-5,8H2,1-3H3. The molecule has 1 heterocycles. The summed E-state index contributed by atoms with van der Waals surface area (Å²) in [7, 11) is 0. The highest BCUT2D eigenvalue weighted by Crippen LogP contribution is 2.23. The molecule has 0 aliphatic carbocycles. The van der Waals surface area contributed by atoms with Crippen LogP contribution < -0.4 is 0 Å². The van der Waals surface area contributed by atoms with Gasteiger partial charge in [0.25, 0.3) is 0 Å². The van der Waals surface area contributed by atoms with Crippen LogP contribution in [0.4, 0.5) is 0 Å². The Bertz CT molecular complexity index is 481. The average molecular weight is 264 g/mol. The van der Waals surface area contributed by atoms with Gasteiger partial charge < -0.3 is 4.74 Å². The van der Waals surface area contributed by atoms with E-state index in [9.17, 15) is 4.79 Å². The zero-order valence-electron chi connectivity index (χ0n) is 10.8. The van der Waals surface area contributed by atoms with E-state index < -0.39 is 0 Å². The molecule has 1 rings (SSSR count). The van der Waals surface area contributed by atoms with Gasteiger partial charge in [0.2, 0.25) is 0 Å². The van der Waals surface area contributed by atoms with Crippen LogP contribution in [0.15, 0.2) is 11.1 Å². The first-order valence-electron chi connectivity index (χ1n) is 5.75. The van der Waals surface area contributed by atoms with Crippen LogP contribution in [0.5, 0.6) is 0 Å². The number of hydrogen-bond acceptors (Lipinski definition) is 5. The molecule has 1 aromatic heterocycles. The van der Waals surface area contributed by atoms with Crippen molar-refractivity contribution in [1.82, 2.24) is 4.98 Å². The van der Waals surface area contributed by atoms with Crippen molar-refractivity contribution in [2.75, 3.05) is 12.4 Å². The van der Waals surface area contributed by atoms with Crippen molar-refractivity contribution < 1.29 is 9.53 Å². The summed E-state index contributed by atoms with van der Waals surface area (Å²) in [6, 6.07) is 3.98. The van der Waals surface area contributed by atoms with Gasteiger partial charge in [0.15, 0.2) is 0 Å². The lowest BCUT2D eigenvalue weighted by molar-refractivity contribution is -0.140. The maximum atomic E-state index is 11.4. The van der Waals surface area contributed by atoms with E-state index in [1.807, 2.05) is 26.8 Å². The number of carbonyl (C=O) groups is 1. The lowest BCUT2D eigenvalue weighted by atomic mass is 10.1. The molecule has 4 nitrogen and oxygen atoms in total. The van der Waals surface area contributed by atoms with E-state index in [-0.39, 0.29) is 11.7 Å². The normalized spacial score (nSPS) is 9.89. The average Bonchev–Trinajstić information content (AvgIpc) is 2.33. The molecule has 0 aromatic carbocycles. The molecule has 0 radical (unpaired) electrons. The summed E-state index contributed by atoms with van der Waals surface area (Å²) < 4.78 is 4.98. The first kappa shape index (κ1) is 14.5. The lowest BCUT2D eigenvalue weighted by Gasteiger charge is -2.07. The fourth-order valence-electron chi connectivity index (χ4n) is 1.43. The second-order valence-corrected chi connectivity index (χ2v) is 4.85. The molecule has 18 heavy (non-hydrogen) atoms. The van der Waals surface area contributed by atoms with E-state index in [0.29, 0.717) is 17.2 Å². The van der Waals surface area contributed by atoms with Gasteiger partial charge in [-0.05, 0) is 31.9 Å². The number of thioether (sulfide) groups is 1. The highest BCUT2D eigenvalue weighted by Gasteiger charge is 2.11. The smallest absolute Gasteiger partial charge is 0.316 e. The molecule has 1 aromatic rings. The van der Waals surface area contributed by atoms with Gasteiger partial charge in [-0.25, -0.2) is 4.98 Å². The molecule has 5 heteroatoms. The van der Waals surface area contributed by atoms with Gasteiger partial charge in [0, 0.05) is 5.69 Å². The number of rotatable bonds is 5. The number of nitrogens with zero attached hydrogens (tertiary/aromatic N) is 2. The number of pyridine rings is 1. The van der Waals surface area contributed by atoms with Crippen molar-refractivity contribution in [3.63, 3.8) is 0 Å². The third-order valence-corrected chi connectivity index (χ3v) is 3.17. The Balaban J connectivity index is 2.73. The van der Waals surface area contributed by atoms with Crippen LogP contribution >= 0.6 is 11.8 Å². The van der Waals surface area contributed by atoms with Crippen LogP contribution in [-0.4, -0.2) is 23.3 Å². The zero-order chi connectivity index (χ0) is 13.5. The van der Waals surface area contributed by atoms with Crippen molar-refractivity contribution in [3.8, 4) is 6.07 Å². The van der Waals surface area contributed by atoms with Crippen LogP contribution in [0.1, 0.15) is 30.2 Å². The van der Waals surface area contributed by atoms with Crippen molar-refractivity contribution in [2.45, 2.75) is 32.2 Å². The van der Waals surface area contributed by atoms with Gasteiger partial charge in [-0.2, -0.15) is 5.26 Å². The monoisotopic (exact) mass is 264 g/mol. The molecule has 0 aliphatic heterocycles. The number of esters is 1. The Morgan fingerprint density at radius 2 is 2.28 bits per heavy atom. The van der Waals surface area contributed by atoms with Crippen molar-refractivity contribution >= 4 is 17.7 Å². The summed E-state index contributed by atoms with van der Waals surface area (Å²) in [6.45, 7) is 6.12. The first-order valence-corrected chi connectivity index (χ1v) is 6.73. The topological polar surface area (TPSA) is 63.0 Å². The van der Waals surface area contributed by atoms with E-state index >= 15 is 0 Å². The predicted molar refractivity (Wildman–Crippen MR) is 70.4 cm³/mol. The van der Waals surface area contributed by atoms with Crippen LogP contribution in [0.2, 0.25) is 0 Å². The molecule has 96 valence electrons. The molecule has 0 spiro atoms. The van der Waals surface area contributed by atoms with Crippen LogP contribution in [0, 0.1) is 25.2 Å². The highest BCUT2D eigenvalue weighted by molar-refractivity contribution is 7.99. The number of aromatic nitrogens is 1. The van der Waals surface area contributed by atoms with Crippen LogP contribution in [0.25, 0.3) is 0 Å². The second-order valence-electron chi connectivity index (χ2n) is 3.88. The molecule has 0 bridgehead atoms. The summed E-state index contributed by atoms with van der Waals surface area (Å²) in [5.41, 5.74) is 2.26. The zero-order valence-corrected chi connectivity index (χ0v) is 11.6. The van der Waals surface area contributed by atoms with E-state index in [1.54, 1.807) is 0 Å². The van der Waals surface area contributed by atoms with E-state index in [1.165, 1.54) is 11.8 Å². The SMILES string of the molecule is CCCOC(=O)CSc1nc(C)cc(C)c1C#N. The Hall–Kier alpha value is -1.54. The van der Waals surface area contributed by atoms with Gasteiger partial charge in [0.1, 0.15) is 11.1 Å². The third-order valence-electron chi connectivity index (χ3n) is 2.22. The minimum atomic E-state index is -0.272. The predicted octanol–water partition coefficient (Wildman–Crippen LogP) is 2.62. The molecule has 0 N–H and O–H groups in total. The summed E-state index contributed by atoms with van der Waals surface area (Å²) in [4.78, 5) is 15.7. The number of aryl methyl sites for hydroxylation is 2. The number of ether oxygens (including phenoxy) is 1. The molecular weight excluding hydrogens is 248 g/mol. The molecule has 0 saturated carbocycles. The minimum absolute atomic E-state index is 0.185. The van der Waals surface area contributed by atoms with Crippen LogP contribution in [0.3, 0.4) is 0 Å². The highest BCUT2D eigenvalue weighted by atomic mass is 32.2. The molecule has 0 atom stereocenters. The molecular formula is C13H16N2O2S. The molecule has 0 fully saturated rings. The second kappa shape index (κ2) is 7.02. The molecule has 0 amide bonds. The van der Waals surface area contributed by atoms with Crippen molar-refractivity contribution in [2.24, 2.45) is 0 Å². The van der Waals surface area contributed by atoms with E-state index in [4.69, 9.17) is 10.00 Å². The maximum Gasteiger partial charge on any atom is 0.316 e. The Morgan fingerprint density at radius 1 is 1.56 bits per heavy atom. The summed E-state index contributed by atoms with van der Waals surface area (Å²) in [5.74, 6) is -0.0865. The van der Waals surface area contributed by atoms with Gasteiger partial charge in [-0.15, -0.1) is 0 Å². The Kier molecular flexibility index (Phi) is 5.66. The van der Waals surface area contributed by atoms with E-state index in [0.717, 1.165) is 17.7 Å². The summed E-state index contributed by atoms with van der Waals surface area (Å²) >= 11 is 1.25. The van der Waals surface area contributed by atoms with Crippen molar-refractivity contribution in [3.05, 3.63) is 22.9 Å². The number of hydrogen-bond donors (Lipinski definition) is 0. The third kappa shape index (κ3) is 4.04. The fourth-order valence-corrected chi connectivity index (χ4v) is 2.33. The molecule has 0 aliphatic rings. The van der Waals surface area contributed by atoms with Gasteiger partial charge in [-0.1, -0.05) is 18.7 Å². The van der Waals surface area contributed by atoms with Gasteiger partial charge >= 0.3 is 5.97 Å². The van der Waals surface area contributed by atoms with Gasteiger partial charge in [0.05, 0.1) is 17.9 Å². The largest absolute Gasteiger partial charge is 0.465 e. The number of carbonyl (C=O) groups excluding carboxylic acids is 1. The summed E-state index contributed by atoms with van der Waals surface area (Å²) in [6.07, 6.45) is 0.807. The maximum absolute atomic E-state index is 11.4. The van der Waals surface area contributed by atoms with Crippen LogP contribution in [-0.2, 0) is 9.53 Å². The summed E-state index contributed by atoms with van der Waals surface area (Å²) in [5, 5.41) is 9.68. The van der Waals surface area contributed by atoms with Gasteiger partial charge in [-0.3, -0.25) is 4.79 Å². The van der Waals surface area contributed by atoms with E-state index in [2.05, 4.69) is 11.1 Å². The van der Waals surface area contributed by atoms with Crippen molar-refractivity contribution in [1.29, 1.82) is 5.26 Å². The number of nitriles is 1. The minimum Gasteiger partial charge on any atom is -0.465 e. The Labute approximate surface area is 111 Å². The first-order chi connectivity index (χ1) is 8.58. The fraction of sp³-hybridized carbons (Fsp3) is 0.462. The molecule has 0 unspecified atom stereocenters. The lowest BCUT2D eigenvalue weighted by Crippen LogP contribution is -2.08. The Morgan fingerprint density at radius 3 is 2.89 bits per heavy atom. The molecule has 0 saturated heterocycles.